The zero-order chi connectivity index (χ0) is 39.0. The number of carbonyl (C=O) groups is 4. The third-order valence-electron chi connectivity index (χ3n) is 9.57. The van der Waals surface area contributed by atoms with Gasteiger partial charge in [-0.25, -0.2) is 4.79 Å². The molecule has 6 heterocycles. The molecule has 0 aromatic carbocycles. The van der Waals surface area contributed by atoms with Crippen molar-refractivity contribution < 1.29 is 97.9 Å². The normalized spacial score (nSPS) is 47.5. The Hall–Kier alpha value is -2.72. The number of hydrogen-bond donors (Lipinski definition) is 11. The molecule has 0 radical (unpaired) electrons. The van der Waals surface area contributed by atoms with Crippen molar-refractivity contribution in [2.45, 2.75) is 150 Å². The number of rotatable bonds is 7. The van der Waals surface area contributed by atoms with Gasteiger partial charge < -0.3 is 94.7 Å². The molecule has 0 aromatic heterocycles. The van der Waals surface area contributed by atoms with E-state index >= 15 is 0 Å². The lowest BCUT2D eigenvalue weighted by Crippen LogP contribution is -2.72. The van der Waals surface area contributed by atoms with E-state index in [1.165, 1.54) is 6.92 Å². The van der Waals surface area contributed by atoms with Gasteiger partial charge in [0.15, 0.2) is 31.3 Å². The Morgan fingerprint density at radius 3 is 1.85 bits per heavy atom. The molecule has 0 aromatic rings. The van der Waals surface area contributed by atoms with E-state index in [0.29, 0.717) is 0 Å². The molecule has 11 N–H and O–H groups in total. The molecular formula is C30H47N3O20. The van der Waals surface area contributed by atoms with E-state index in [9.17, 15) is 60.0 Å². The van der Waals surface area contributed by atoms with E-state index in [4.69, 9.17) is 37.9 Å². The molecule has 0 spiro atoms. The van der Waals surface area contributed by atoms with Gasteiger partial charge in [0.1, 0.15) is 79.2 Å². The topological polar surface area (TPSA) is 340 Å². The highest BCUT2D eigenvalue weighted by Crippen LogP contribution is 2.36. The van der Waals surface area contributed by atoms with E-state index in [0.717, 1.165) is 20.8 Å². The van der Waals surface area contributed by atoms with Crippen LogP contribution in [0.3, 0.4) is 0 Å². The molecule has 0 saturated carbocycles. The van der Waals surface area contributed by atoms with Gasteiger partial charge in [0.25, 0.3) is 0 Å². The lowest BCUT2D eigenvalue weighted by Gasteiger charge is -2.51. The molecule has 53 heavy (non-hydrogen) atoms. The first-order valence-electron chi connectivity index (χ1n) is 16.9. The van der Waals surface area contributed by atoms with Crippen LogP contribution in [0, 0.1) is 0 Å². The number of nitrogens with one attached hydrogen (secondary N) is 3. The third-order valence-corrected chi connectivity index (χ3v) is 9.57. The SMILES string of the molecule is CC(=O)N[C@H]1[C@@H](O)[C@@H](C)O[C@@H](O[C@H]2[C@H](O)[C@H]3CO[C@@H]4O[C@H](CO)[C@@H](O)[C@H](O[C@@H]5O[C@H](C(=O)O)[C@H](O[C@@H](O3)[C@@H]2NC(C)=O)[C@H](O)[C@H]5O)[C@H]4NC(C)=O)[C@@H]1O. The second-order valence-corrected chi connectivity index (χ2v) is 13.5. The second kappa shape index (κ2) is 17.0. The van der Waals surface area contributed by atoms with Gasteiger partial charge >= 0.3 is 5.97 Å². The Morgan fingerprint density at radius 2 is 1.25 bits per heavy atom. The van der Waals surface area contributed by atoms with Crippen molar-refractivity contribution in [3.05, 3.63) is 0 Å². The molecule has 3 amide bonds. The minimum absolute atomic E-state index is 0.612. The minimum Gasteiger partial charge on any atom is -0.479 e. The average Bonchev–Trinajstić information content (AvgIpc) is 3.08. The van der Waals surface area contributed by atoms with E-state index < -0.39 is 160 Å². The van der Waals surface area contributed by atoms with Gasteiger partial charge in [0, 0.05) is 20.8 Å². The summed E-state index contributed by atoms with van der Waals surface area (Å²) in [4.78, 5) is 49.3. The van der Waals surface area contributed by atoms with Crippen LogP contribution in [0.4, 0.5) is 0 Å². The monoisotopic (exact) mass is 769 g/mol. The number of fused-ring (bicyclic) bond motifs is 3. The first-order valence-corrected chi connectivity index (χ1v) is 16.9. The summed E-state index contributed by atoms with van der Waals surface area (Å²) in [7, 11) is 0. The molecule has 6 rings (SSSR count). The van der Waals surface area contributed by atoms with Crippen molar-refractivity contribution in [1.82, 2.24) is 16.0 Å². The summed E-state index contributed by atoms with van der Waals surface area (Å²) in [5, 5.41) is 94.5. The van der Waals surface area contributed by atoms with Crippen molar-refractivity contribution in [3.8, 4) is 0 Å². The number of amides is 3. The molecule has 6 saturated heterocycles. The highest BCUT2D eigenvalue weighted by molar-refractivity contribution is 5.74. The number of hydrogen-bond acceptors (Lipinski definition) is 19. The number of aliphatic hydroxyl groups excluding tert-OH is 7. The van der Waals surface area contributed by atoms with Crippen LogP contribution in [0.15, 0.2) is 0 Å². The lowest BCUT2D eigenvalue weighted by atomic mass is 9.93. The number of ether oxygens (including phenoxy) is 8. The van der Waals surface area contributed by atoms with Crippen molar-refractivity contribution in [2.75, 3.05) is 13.2 Å². The summed E-state index contributed by atoms with van der Waals surface area (Å²) in [6, 6.07) is -4.39. The Morgan fingerprint density at radius 1 is 0.642 bits per heavy atom. The third kappa shape index (κ3) is 8.74. The smallest absolute Gasteiger partial charge is 0.335 e. The Kier molecular flexibility index (Phi) is 13.3. The van der Waals surface area contributed by atoms with Crippen molar-refractivity contribution in [2.24, 2.45) is 0 Å². The van der Waals surface area contributed by atoms with E-state index in [-0.39, 0.29) is 0 Å². The first kappa shape index (κ1) is 41.4. The van der Waals surface area contributed by atoms with Gasteiger partial charge in [-0.1, -0.05) is 0 Å². The number of carboxylic acids is 1. The molecule has 0 aliphatic carbocycles. The van der Waals surface area contributed by atoms with E-state index in [1.54, 1.807) is 0 Å². The van der Waals surface area contributed by atoms with Crippen LogP contribution in [0.5, 0.6) is 0 Å². The fourth-order valence-electron chi connectivity index (χ4n) is 6.99. The highest BCUT2D eigenvalue weighted by Gasteiger charge is 2.58. The maximum absolute atomic E-state index is 12.5. The van der Waals surface area contributed by atoms with Crippen LogP contribution in [0.2, 0.25) is 0 Å². The highest BCUT2D eigenvalue weighted by atomic mass is 16.8. The molecule has 6 aliphatic heterocycles. The quantitative estimate of drug-likeness (QED) is 0.115. The van der Waals surface area contributed by atoms with Crippen LogP contribution in [0.1, 0.15) is 27.7 Å². The second-order valence-electron chi connectivity index (χ2n) is 13.5. The summed E-state index contributed by atoms with van der Waals surface area (Å²) in [6.07, 6.45) is -29.7. The van der Waals surface area contributed by atoms with Gasteiger partial charge in [0.2, 0.25) is 17.7 Å². The van der Waals surface area contributed by atoms with Crippen LogP contribution < -0.4 is 16.0 Å². The average molecular weight is 770 g/mol. The largest absolute Gasteiger partial charge is 0.479 e. The molecule has 20 atom stereocenters. The van der Waals surface area contributed by atoms with Crippen LogP contribution in [0.25, 0.3) is 0 Å². The molecule has 6 bridgehead atoms. The zero-order valence-corrected chi connectivity index (χ0v) is 28.9. The maximum Gasteiger partial charge on any atom is 0.335 e. The Bertz CT molecular complexity index is 1330. The van der Waals surface area contributed by atoms with Crippen LogP contribution in [-0.2, 0) is 57.1 Å². The fraction of sp³-hybridized carbons (Fsp3) is 0.867. The first-order chi connectivity index (χ1) is 24.9. The number of carbonyl (C=O) groups excluding carboxylic acids is 3. The molecule has 302 valence electrons. The fourth-order valence-corrected chi connectivity index (χ4v) is 6.99. The number of aliphatic hydroxyl groups is 7. The van der Waals surface area contributed by atoms with Gasteiger partial charge in [0.05, 0.1) is 25.4 Å². The minimum atomic E-state index is -2.13. The Balaban J connectivity index is 1.58. The number of aliphatic carboxylic acids is 1. The molecule has 6 aliphatic rings. The van der Waals surface area contributed by atoms with Gasteiger partial charge in [-0.05, 0) is 6.92 Å². The molecular weight excluding hydrogens is 722 g/mol. The summed E-state index contributed by atoms with van der Waals surface area (Å²) < 4.78 is 46.7. The van der Waals surface area contributed by atoms with Gasteiger partial charge in [-0.2, -0.15) is 0 Å². The lowest BCUT2D eigenvalue weighted by molar-refractivity contribution is -0.378. The predicted molar refractivity (Wildman–Crippen MR) is 164 cm³/mol. The molecule has 0 unspecified atom stereocenters. The van der Waals surface area contributed by atoms with Crippen LogP contribution in [-0.4, -0.2) is 200 Å². The molecule has 23 nitrogen and oxygen atoms in total. The number of carboxylic acid groups (broad SMARTS) is 1. The van der Waals surface area contributed by atoms with Crippen molar-refractivity contribution >= 4 is 23.7 Å². The molecule has 23 heteroatoms. The van der Waals surface area contributed by atoms with Crippen LogP contribution >= 0.6 is 0 Å². The van der Waals surface area contributed by atoms with Crippen molar-refractivity contribution in [3.63, 3.8) is 0 Å². The van der Waals surface area contributed by atoms with E-state index in [2.05, 4.69) is 16.0 Å². The van der Waals surface area contributed by atoms with Crippen molar-refractivity contribution in [1.29, 1.82) is 0 Å². The standard InChI is InChI=1S/C30H47N3O20/c1-7-16(38)13(31-8(2)35)19(41)29(47-7)50-23-15(33-10(4)37)28-49-12(18(23)40)6-46-27-14(32-9(3)36)22(17(39)11(5-34)48-27)51-30-21(43)20(42)24(52-28)25(53-30)26(44)45/h7,11-25,27-30,34,38-43H,5-6H2,1-4H3,(H,31,35)(H,32,36)(H,33,37)(H,44,45)/t7-,11-,12-,13+,14-,15-,16+,17-,18-,19-,20-,21-,22-,23-,24-,25+,27-,28-,29+,30-/m1/s1. The molecule has 6 fully saturated rings. The maximum atomic E-state index is 12.5. The zero-order valence-electron chi connectivity index (χ0n) is 28.9. The van der Waals surface area contributed by atoms with Gasteiger partial charge in [-0.15, -0.1) is 0 Å². The van der Waals surface area contributed by atoms with Gasteiger partial charge in [-0.3, -0.25) is 14.4 Å². The summed E-state index contributed by atoms with van der Waals surface area (Å²) >= 11 is 0. The summed E-state index contributed by atoms with van der Waals surface area (Å²) in [6.45, 7) is 3.26. The Labute approximate surface area is 301 Å². The summed E-state index contributed by atoms with van der Waals surface area (Å²) in [5.41, 5.74) is 0. The summed E-state index contributed by atoms with van der Waals surface area (Å²) in [5.74, 6) is -3.78. The van der Waals surface area contributed by atoms with E-state index in [1.807, 2.05) is 0 Å². The predicted octanol–water partition coefficient (Wildman–Crippen LogP) is -7.15.